The van der Waals surface area contributed by atoms with Crippen LogP contribution in [-0.2, 0) is 10.8 Å². The maximum absolute atomic E-state index is 3.78. The van der Waals surface area contributed by atoms with Crippen molar-refractivity contribution < 1.29 is 0 Å². The number of rotatable bonds is 5. The smallest absolute Gasteiger partial charge is 0.0720 e. The first-order valence-electron chi connectivity index (χ1n) is 17.8. The third kappa shape index (κ3) is 4.22. The Kier molecular flexibility index (Phi) is 6.69. The van der Waals surface area contributed by atoms with E-state index in [4.69, 9.17) is 0 Å². The lowest BCUT2D eigenvalue weighted by Gasteiger charge is -2.50. The van der Waals surface area contributed by atoms with Crippen LogP contribution in [-0.4, -0.2) is 0 Å². The van der Waals surface area contributed by atoms with Gasteiger partial charge in [0, 0.05) is 11.4 Å². The van der Waals surface area contributed by atoms with Gasteiger partial charge in [-0.1, -0.05) is 182 Å². The van der Waals surface area contributed by atoms with Crippen LogP contribution in [0.5, 0.6) is 0 Å². The van der Waals surface area contributed by atoms with E-state index in [-0.39, 0.29) is 0 Å². The van der Waals surface area contributed by atoms with Crippen LogP contribution in [0.1, 0.15) is 44.5 Å². The van der Waals surface area contributed by atoms with E-state index in [2.05, 4.69) is 212 Å². The quantitative estimate of drug-likeness (QED) is 0.196. The maximum atomic E-state index is 3.78. The van der Waals surface area contributed by atoms with Crippen molar-refractivity contribution in [3.05, 3.63) is 251 Å². The van der Waals surface area contributed by atoms with Gasteiger partial charge in [0.25, 0.3) is 0 Å². The van der Waals surface area contributed by atoms with Crippen molar-refractivity contribution in [1.29, 1.82) is 0 Å². The van der Waals surface area contributed by atoms with Crippen molar-refractivity contribution in [3.8, 4) is 22.3 Å². The summed E-state index contributed by atoms with van der Waals surface area (Å²) in [5, 5.41) is 3.78. The molecular weight excluding hydrogens is 615 g/mol. The van der Waals surface area contributed by atoms with E-state index < -0.39 is 10.8 Å². The summed E-state index contributed by atoms with van der Waals surface area (Å²) >= 11 is 0. The molecule has 51 heavy (non-hydrogen) atoms. The molecule has 2 aliphatic carbocycles. The van der Waals surface area contributed by atoms with Crippen LogP contribution in [0.15, 0.2) is 206 Å². The summed E-state index contributed by atoms with van der Waals surface area (Å²) < 4.78 is 0. The molecule has 0 unspecified atom stereocenters. The van der Waals surface area contributed by atoms with Crippen molar-refractivity contribution in [2.24, 2.45) is 0 Å². The SMILES string of the molecule is c1ccc(-c2ccc(Nc3ccc4c(c3)C3(c5ccccc5-4)c4ccccc4C(c4ccccc4)(c4ccccc4)c4ccccc43)cc2)cc1. The van der Waals surface area contributed by atoms with E-state index in [9.17, 15) is 0 Å². The van der Waals surface area contributed by atoms with E-state index in [0.717, 1.165) is 11.4 Å². The van der Waals surface area contributed by atoms with Crippen LogP contribution in [0, 0.1) is 0 Å². The molecule has 0 bridgehead atoms. The van der Waals surface area contributed by atoms with Crippen LogP contribution in [0.3, 0.4) is 0 Å². The summed E-state index contributed by atoms with van der Waals surface area (Å²) in [5.41, 5.74) is 16.6. The van der Waals surface area contributed by atoms with Crippen molar-refractivity contribution >= 4 is 11.4 Å². The Bertz CT molecular complexity index is 2440. The van der Waals surface area contributed by atoms with Gasteiger partial charge < -0.3 is 5.32 Å². The monoisotopic (exact) mass is 649 g/mol. The van der Waals surface area contributed by atoms with Crippen LogP contribution in [0.25, 0.3) is 22.3 Å². The first-order chi connectivity index (χ1) is 25.3. The second kappa shape index (κ2) is 11.6. The number of hydrogen-bond donors (Lipinski definition) is 1. The molecule has 0 aliphatic heterocycles. The van der Waals surface area contributed by atoms with E-state index in [1.54, 1.807) is 0 Å². The molecule has 2 aliphatic rings. The van der Waals surface area contributed by atoms with Gasteiger partial charge in [0.2, 0.25) is 0 Å². The molecule has 8 aromatic rings. The van der Waals surface area contributed by atoms with E-state index >= 15 is 0 Å². The van der Waals surface area contributed by atoms with Crippen molar-refractivity contribution in [2.45, 2.75) is 10.8 Å². The third-order valence-electron chi connectivity index (χ3n) is 11.2. The molecular formula is C50H35N. The number of anilines is 2. The van der Waals surface area contributed by atoms with Crippen LogP contribution >= 0.6 is 0 Å². The van der Waals surface area contributed by atoms with Crippen LogP contribution in [0.4, 0.5) is 11.4 Å². The molecule has 0 amide bonds. The van der Waals surface area contributed by atoms with Gasteiger partial charge in [0.05, 0.1) is 10.8 Å². The Labute approximate surface area is 299 Å². The molecule has 1 heteroatoms. The second-order valence-electron chi connectivity index (χ2n) is 13.7. The van der Waals surface area contributed by atoms with Gasteiger partial charge in [-0.05, 0) is 91.0 Å². The molecule has 0 saturated heterocycles. The summed E-state index contributed by atoms with van der Waals surface area (Å²) in [6.45, 7) is 0. The minimum absolute atomic E-state index is 0.505. The predicted molar refractivity (Wildman–Crippen MR) is 211 cm³/mol. The highest BCUT2D eigenvalue weighted by Crippen LogP contribution is 2.64. The number of benzene rings is 8. The molecule has 0 aromatic heterocycles. The average Bonchev–Trinajstić information content (AvgIpc) is 3.50. The highest BCUT2D eigenvalue weighted by molar-refractivity contribution is 5.91. The Hall–Kier alpha value is -6.44. The average molecular weight is 650 g/mol. The lowest BCUT2D eigenvalue weighted by Crippen LogP contribution is -2.44. The minimum atomic E-state index is -0.513. The zero-order chi connectivity index (χ0) is 33.8. The molecule has 0 atom stereocenters. The summed E-state index contributed by atoms with van der Waals surface area (Å²) in [4.78, 5) is 0. The highest BCUT2D eigenvalue weighted by atomic mass is 14.9. The minimum Gasteiger partial charge on any atom is -0.356 e. The molecule has 1 nitrogen and oxygen atoms in total. The lowest BCUT2D eigenvalue weighted by molar-refractivity contribution is 0.624. The number of nitrogens with one attached hydrogen (secondary N) is 1. The number of fused-ring (bicyclic) bond motifs is 9. The topological polar surface area (TPSA) is 12.0 Å². The van der Waals surface area contributed by atoms with Gasteiger partial charge in [0.1, 0.15) is 0 Å². The normalized spacial score (nSPS) is 14.2. The van der Waals surface area contributed by atoms with Gasteiger partial charge in [-0.15, -0.1) is 0 Å². The van der Waals surface area contributed by atoms with E-state index in [0.29, 0.717) is 0 Å². The molecule has 0 fully saturated rings. The Balaban J connectivity index is 1.23. The zero-order valence-electron chi connectivity index (χ0n) is 28.1. The molecule has 0 heterocycles. The maximum Gasteiger partial charge on any atom is 0.0720 e. The fraction of sp³-hybridized carbons (Fsp3) is 0.0400. The Morgan fingerprint density at radius 3 is 1.25 bits per heavy atom. The molecule has 0 radical (unpaired) electrons. The first-order valence-corrected chi connectivity index (χ1v) is 17.8. The fourth-order valence-corrected chi connectivity index (χ4v) is 9.21. The molecule has 1 spiro atoms. The standard InChI is InChI=1S/C50H35N/c1-4-16-35(17-5-1)36-28-30-39(31-29-36)51-40-32-33-42-41-22-10-11-23-43(41)50(48(42)34-40)46-26-14-12-24-44(46)49(37-18-6-2-7-19-37,38-20-8-3-9-21-38)45-25-13-15-27-47(45)50/h1-34,51H. The Morgan fingerprint density at radius 2 is 0.686 bits per heavy atom. The summed E-state index contributed by atoms with van der Waals surface area (Å²) in [6, 6.07) is 76.0. The second-order valence-corrected chi connectivity index (χ2v) is 13.7. The van der Waals surface area contributed by atoms with E-state index in [1.807, 2.05) is 0 Å². The van der Waals surface area contributed by atoms with Crippen LogP contribution < -0.4 is 5.32 Å². The Morgan fingerprint density at radius 1 is 0.275 bits per heavy atom. The van der Waals surface area contributed by atoms with Gasteiger partial charge in [-0.25, -0.2) is 0 Å². The largest absolute Gasteiger partial charge is 0.356 e. The summed E-state index contributed by atoms with van der Waals surface area (Å²) in [7, 11) is 0. The van der Waals surface area contributed by atoms with E-state index in [1.165, 1.54) is 66.8 Å². The third-order valence-corrected chi connectivity index (χ3v) is 11.2. The summed E-state index contributed by atoms with van der Waals surface area (Å²) in [5.74, 6) is 0. The molecule has 1 N–H and O–H groups in total. The summed E-state index contributed by atoms with van der Waals surface area (Å²) in [6.07, 6.45) is 0. The molecule has 10 rings (SSSR count). The highest BCUT2D eigenvalue weighted by Gasteiger charge is 2.56. The van der Waals surface area contributed by atoms with Crippen molar-refractivity contribution in [1.82, 2.24) is 0 Å². The van der Waals surface area contributed by atoms with Gasteiger partial charge in [-0.2, -0.15) is 0 Å². The molecule has 8 aromatic carbocycles. The number of hydrogen-bond acceptors (Lipinski definition) is 1. The van der Waals surface area contributed by atoms with Crippen molar-refractivity contribution in [3.63, 3.8) is 0 Å². The zero-order valence-corrected chi connectivity index (χ0v) is 28.1. The van der Waals surface area contributed by atoms with Gasteiger partial charge in [-0.3, -0.25) is 0 Å². The molecule has 240 valence electrons. The van der Waals surface area contributed by atoms with Crippen molar-refractivity contribution in [2.75, 3.05) is 5.32 Å². The first kappa shape index (κ1) is 29.5. The van der Waals surface area contributed by atoms with Gasteiger partial charge in [0.15, 0.2) is 0 Å². The van der Waals surface area contributed by atoms with Gasteiger partial charge >= 0.3 is 0 Å². The predicted octanol–water partition coefficient (Wildman–Crippen LogP) is 12.2. The lowest BCUT2D eigenvalue weighted by atomic mass is 9.51. The van der Waals surface area contributed by atoms with Crippen LogP contribution in [0.2, 0.25) is 0 Å². The molecule has 0 saturated carbocycles. The fourth-order valence-electron chi connectivity index (χ4n) is 9.21.